The average molecular weight is 186 g/mol. The van der Waals surface area contributed by atoms with Crippen molar-refractivity contribution in [1.29, 1.82) is 0 Å². The lowest BCUT2D eigenvalue weighted by atomic mass is 9.98. The van der Waals surface area contributed by atoms with Crippen LogP contribution < -0.4 is 11.3 Å². The summed E-state index contributed by atoms with van der Waals surface area (Å²) in [5, 5.41) is 0. The Balaban J connectivity index is 3.75. The van der Waals surface area contributed by atoms with E-state index in [1.807, 2.05) is 6.92 Å². The van der Waals surface area contributed by atoms with Gasteiger partial charge < -0.3 is 4.74 Å². The van der Waals surface area contributed by atoms with Crippen molar-refractivity contribution in [2.45, 2.75) is 32.7 Å². The van der Waals surface area contributed by atoms with E-state index in [9.17, 15) is 0 Å². The SMILES string of the molecule is C=C(C)CC(CC(C)COC)NN. The zero-order valence-electron chi connectivity index (χ0n) is 8.97. The van der Waals surface area contributed by atoms with E-state index in [1.54, 1.807) is 7.11 Å². The van der Waals surface area contributed by atoms with Gasteiger partial charge in [-0.1, -0.05) is 12.5 Å². The molecule has 13 heavy (non-hydrogen) atoms. The minimum absolute atomic E-state index is 0.322. The van der Waals surface area contributed by atoms with E-state index in [-0.39, 0.29) is 0 Å². The molecule has 0 aromatic carbocycles. The third-order valence-corrected chi connectivity index (χ3v) is 1.97. The first-order chi connectivity index (χ1) is 6.10. The Labute approximate surface area is 81.3 Å². The number of hydrazine groups is 1. The zero-order valence-corrected chi connectivity index (χ0v) is 8.97. The molecule has 0 aliphatic rings. The molecule has 0 rings (SSSR count). The summed E-state index contributed by atoms with van der Waals surface area (Å²) in [7, 11) is 1.72. The molecule has 3 N–H and O–H groups in total. The Morgan fingerprint density at radius 2 is 2.23 bits per heavy atom. The summed E-state index contributed by atoms with van der Waals surface area (Å²) >= 11 is 0. The van der Waals surface area contributed by atoms with Gasteiger partial charge in [-0.25, -0.2) is 0 Å². The second-order valence-corrected chi connectivity index (χ2v) is 3.82. The van der Waals surface area contributed by atoms with E-state index < -0.39 is 0 Å². The van der Waals surface area contributed by atoms with Gasteiger partial charge >= 0.3 is 0 Å². The van der Waals surface area contributed by atoms with E-state index in [0.29, 0.717) is 12.0 Å². The van der Waals surface area contributed by atoms with Gasteiger partial charge in [0.25, 0.3) is 0 Å². The van der Waals surface area contributed by atoms with Crippen molar-refractivity contribution in [2.24, 2.45) is 11.8 Å². The van der Waals surface area contributed by atoms with Gasteiger partial charge in [0.2, 0.25) is 0 Å². The van der Waals surface area contributed by atoms with Crippen molar-refractivity contribution in [3.05, 3.63) is 12.2 Å². The highest BCUT2D eigenvalue weighted by Gasteiger charge is 2.11. The lowest BCUT2D eigenvalue weighted by molar-refractivity contribution is 0.149. The van der Waals surface area contributed by atoms with Crippen LogP contribution in [0.3, 0.4) is 0 Å². The number of methoxy groups -OCH3 is 1. The second kappa shape index (κ2) is 7.06. The van der Waals surface area contributed by atoms with E-state index in [4.69, 9.17) is 10.6 Å². The summed E-state index contributed by atoms with van der Waals surface area (Å²) in [5.41, 5.74) is 3.97. The lowest BCUT2D eigenvalue weighted by Crippen LogP contribution is -2.37. The highest BCUT2D eigenvalue weighted by molar-refractivity contribution is 4.92. The summed E-state index contributed by atoms with van der Waals surface area (Å²) in [6.45, 7) is 8.83. The minimum Gasteiger partial charge on any atom is -0.384 e. The van der Waals surface area contributed by atoms with Gasteiger partial charge in [-0.15, -0.1) is 6.58 Å². The van der Waals surface area contributed by atoms with Crippen LogP contribution in [0.4, 0.5) is 0 Å². The van der Waals surface area contributed by atoms with Gasteiger partial charge in [-0.3, -0.25) is 11.3 Å². The first kappa shape index (κ1) is 12.6. The first-order valence-electron chi connectivity index (χ1n) is 4.69. The Morgan fingerprint density at radius 3 is 2.62 bits per heavy atom. The molecule has 0 aromatic rings. The van der Waals surface area contributed by atoms with Crippen LogP contribution in [0.1, 0.15) is 26.7 Å². The predicted molar refractivity (Wildman–Crippen MR) is 56.2 cm³/mol. The summed E-state index contributed by atoms with van der Waals surface area (Å²) in [6.07, 6.45) is 1.96. The summed E-state index contributed by atoms with van der Waals surface area (Å²) in [6, 6.07) is 0.322. The lowest BCUT2D eigenvalue weighted by Gasteiger charge is -2.19. The molecule has 0 fully saturated rings. The van der Waals surface area contributed by atoms with Gasteiger partial charge in [0.1, 0.15) is 0 Å². The van der Waals surface area contributed by atoms with Crippen LogP contribution in [-0.4, -0.2) is 19.8 Å². The van der Waals surface area contributed by atoms with Crippen molar-refractivity contribution in [1.82, 2.24) is 5.43 Å². The normalized spacial score (nSPS) is 15.4. The number of nitrogens with two attached hydrogens (primary N) is 1. The minimum atomic E-state index is 0.322. The van der Waals surface area contributed by atoms with Crippen LogP contribution in [0.15, 0.2) is 12.2 Å². The molecule has 0 aliphatic carbocycles. The fourth-order valence-electron chi connectivity index (χ4n) is 1.47. The molecule has 3 heteroatoms. The molecule has 0 aliphatic heterocycles. The number of rotatable bonds is 7. The van der Waals surface area contributed by atoms with Crippen molar-refractivity contribution < 1.29 is 4.74 Å². The topological polar surface area (TPSA) is 47.3 Å². The highest BCUT2D eigenvalue weighted by atomic mass is 16.5. The molecular weight excluding hydrogens is 164 g/mol. The van der Waals surface area contributed by atoms with E-state index in [0.717, 1.165) is 25.0 Å². The van der Waals surface area contributed by atoms with Gasteiger partial charge in [0.05, 0.1) is 0 Å². The summed E-state index contributed by atoms with van der Waals surface area (Å²) < 4.78 is 5.06. The third-order valence-electron chi connectivity index (χ3n) is 1.97. The molecule has 3 nitrogen and oxygen atoms in total. The van der Waals surface area contributed by atoms with Crippen LogP contribution in [0.25, 0.3) is 0 Å². The number of hydrogen-bond donors (Lipinski definition) is 2. The zero-order chi connectivity index (χ0) is 10.3. The van der Waals surface area contributed by atoms with Gasteiger partial charge in [-0.05, 0) is 25.7 Å². The maximum absolute atomic E-state index is 5.43. The fraction of sp³-hybridized carbons (Fsp3) is 0.800. The highest BCUT2D eigenvalue weighted by Crippen LogP contribution is 2.11. The van der Waals surface area contributed by atoms with Crippen LogP contribution in [0.5, 0.6) is 0 Å². The smallest absolute Gasteiger partial charge is 0.0488 e. The van der Waals surface area contributed by atoms with Gasteiger partial charge in [0.15, 0.2) is 0 Å². The second-order valence-electron chi connectivity index (χ2n) is 3.82. The monoisotopic (exact) mass is 186 g/mol. The molecule has 0 saturated carbocycles. The molecule has 0 saturated heterocycles. The maximum Gasteiger partial charge on any atom is 0.0488 e. The molecular formula is C10H22N2O. The molecule has 0 radical (unpaired) electrons. The Morgan fingerprint density at radius 1 is 1.62 bits per heavy atom. The fourth-order valence-corrected chi connectivity index (χ4v) is 1.47. The van der Waals surface area contributed by atoms with E-state index >= 15 is 0 Å². The van der Waals surface area contributed by atoms with Crippen LogP contribution >= 0.6 is 0 Å². The van der Waals surface area contributed by atoms with Crippen LogP contribution in [0.2, 0.25) is 0 Å². The van der Waals surface area contributed by atoms with E-state index in [2.05, 4.69) is 18.9 Å². The molecule has 0 heterocycles. The van der Waals surface area contributed by atoms with Crippen molar-refractivity contribution in [2.75, 3.05) is 13.7 Å². The summed E-state index contributed by atoms with van der Waals surface area (Å²) in [4.78, 5) is 0. The molecule has 2 atom stereocenters. The number of nitrogens with one attached hydrogen (secondary N) is 1. The van der Waals surface area contributed by atoms with Gasteiger partial charge in [-0.2, -0.15) is 0 Å². The van der Waals surface area contributed by atoms with Crippen molar-refractivity contribution in [3.63, 3.8) is 0 Å². The molecule has 0 bridgehead atoms. The molecule has 78 valence electrons. The van der Waals surface area contributed by atoms with Crippen LogP contribution in [0, 0.1) is 5.92 Å². The first-order valence-corrected chi connectivity index (χ1v) is 4.69. The van der Waals surface area contributed by atoms with Gasteiger partial charge in [0, 0.05) is 19.8 Å². The number of ether oxygens (including phenoxy) is 1. The van der Waals surface area contributed by atoms with Crippen LogP contribution in [-0.2, 0) is 4.74 Å². The van der Waals surface area contributed by atoms with E-state index in [1.165, 1.54) is 0 Å². The molecule has 0 aromatic heterocycles. The quantitative estimate of drug-likeness (QED) is 0.359. The largest absolute Gasteiger partial charge is 0.384 e. The standard InChI is InChI=1S/C10H22N2O/c1-8(2)5-10(12-11)6-9(3)7-13-4/h9-10,12H,1,5-7,11H2,2-4H3. The Bertz CT molecular complexity index is 148. The average Bonchev–Trinajstić information content (AvgIpc) is 2.02. The Hall–Kier alpha value is -0.380. The summed E-state index contributed by atoms with van der Waals surface area (Å²) in [5.74, 6) is 5.97. The molecule has 0 spiro atoms. The predicted octanol–water partition coefficient (Wildman–Crippen LogP) is 1.46. The third kappa shape index (κ3) is 6.75. The molecule has 2 unspecified atom stereocenters. The number of hydrogen-bond acceptors (Lipinski definition) is 3. The Kier molecular flexibility index (Phi) is 6.86. The van der Waals surface area contributed by atoms with Crippen molar-refractivity contribution >= 4 is 0 Å². The maximum atomic E-state index is 5.43. The van der Waals surface area contributed by atoms with Crippen molar-refractivity contribution in [3.8, 4) is 0 Å². The molecule has 0 amide bonds.